The second-order valence-electron chi connectivity index (χ2n) is 13.7. The summed E-state index contributed by atoms with van der Waals surface area (Å²) in [6.07, 6.45) is 0. The van der Waals surface area contributed by atoms with E-state index in [1.807, 2.05) is 11.3 Å². The fourth-order valence-corrected chi connectivity index (χ4v) is 9.15. The Morgan fingerprint density at radius 1 is 0.315 bits per heavy atom. The Balaban J connectivity index is 1.21. The molecular weight excluding hydrogens is 671 g/mol. The number of para-hydroxylation sites is 1. The van der Waals surface area contributed by atoms with Gasteiger partial charge in [-0.05, 0) is 86.1 Å². The largest absolute Gasteiger partial charge is 0.308 e. The van der Waals surface area contributed by atoms with Crippen LogP contribution in [0, 0.1) is 0 Å². The molecule has 0 aliphatic rings. The molecule has 0 N–H and O–H groups in total. The summed E-state index contributed by atoms with van der Waals surface area (Å²) in [4.78, 5) is 2.48. The van der Waals surface area contributed by atoms with E-state index in [2.05, 4.69) is 217 Å². The number of benzene rings is 9. The van der Waals surface area contributed by atoms with Crippen molar-refractivity contribution in [3.8, 4) is 44.5 Å². The number of fused-ring (bicyclic) bond motifs is 4. The molecule has 0 saturated heterocycles. The molecule has 0 aliphatic carbocycles. The summed E-state index contributed by atoms with van der Waals surface area (Å²) in [5.74, 6) is 0. The van der Waals surface area contributed by atoms with Crippen molar-refractivity contribution in [2.24, 2.45) is 0 Å². The van der Waals surface area contributed by atoms with Gasteiger partial charge < -0.3 is 4.90 Å². The first-order chi connectivity index (χ1) is 26.8. The number of thiophene rings is 1. The Bertz CT molecular complexity index is 2960. The lowest BCUT2D eigenvalue weighted by Crippen LogP contribution is -2.11. The van der Waals surface area contributed by atoms with Crippen LogP contribution in [0.5, 0.6) is 0 Å². The molecular formula is C52H35NS. The summed E-state index contributed by atoms with van der Waals surface area (Å²) in [5.41, 5.74) is 13.0. The van der Waals surface area contributed by atoms with Crippen LogP contribution in [0.4, 0.5) is 17.1 Å². The molecule has 0 atom stereocenters. The summed E-state index contributed by atoms with van der Waals surface area (Å²) < 4.78 is 2.56. The van der Waals surface area contributed by atoms with Crippen molar-refractivity contribution in [3.63, 3.8) is 0 Å². The van der Waals surface area contributed by atoms with Gasteiger partial charge >= 0.3 is 0 Å². The normalized spacial score (nSPS) is 11.3. The van der Waals surface area contributed by atoms with Gasteiger partial charge in [-0.25, -0.2) is 0 Å². The van der Waals surface area contributed by atoms with E-state index in [4.69, 9.17) is 0 Å². The third-order valence-corrected chi connectivity index (χ3v) is 11.7. The molecule has 0 fully saturated rings. The minimum Gasteiger partial charge on any atom is -0.308 e. The quantitative estimate of drug-likeness (QED) is 0.160. The molecule has 0 saturated carbocycles. The molecule has 0 spiro atoms. The van der Waals surface area contributed by atoms with E-state index in [-0.39, 0.29) is 0 Å². The minimum absolute atomic E-state index is 1.11. The molecule has 0 unspecified atom stereocenters. The van der Waals surface area contributed by atoms with E-state index in [0.717, 1.165) is 11.4 Å². The number of hydrogen-bond acceptors (Lipinski definition) is 2. The summed E-state index contributed by atoms with van der Waals surface area (Å²) in [5, 5.41) is 5.06. The third kappa shape index (κ3) is 5.65. The fraction of sp³-hybridized carbons (Fsp3) is 0. The van der Waals surface area contributed by atoms with Crippen LogP contribution in [0.3, 0.4) is 0 Å². The van der Waals surface area contributed by atoms with Crippen LogP contribution in [-0.4, -0.2) is 0 Å². The van der Waals surface area contributed by atoms with Crippen LogP contribution >= 0.6 is 11.3 Å². The maximum absolute atomic E-state index is 2.48. The van der Waals surface area contributed by atoms with Crippen LogP contribution in [-0.2, 0) is 0 Å². The van der Waals surface area contributed by atoms with Crippen molar-refractivity contribution < 1.29 is 0 Å². The van der Waals surface area contributed by atoms with Gasteiger partial charge in [-0.1, -0.05) is 176 Å². The van der Waals surface area contributed by atoms with E-state index < -0.39 is 0 Å². The zero-order valence-corrected chi connectivity index (χ0v) is 30.4. The lowest BCUT2D eigenvalue weighted by Gasteiger charge is -2.29. The number of nitrogens with zero attached hydrogens (tertiary/aromatic N) is 1. The van der Waals surface area contributed by atoms with Gasteiger partial charge in [0, 0.05) is 26.7 Å². The predicted molar refractivity (Wildman–Crippen MR) is 233 cm³/mol. The first-order valence-electron chi connectivity index (χ1n) is 18.4. The Morgan fingerprint density at radius 3 is 1.70 bits per heavy atom. The van der Waals surface area contributed by atoms with Gasteiger partial charge in [-0.15, -0.1) is 11.3 Å². The molecule has 9 aromatic carbocycles. The van der Waals surface area contributed by atoms with Gasteiger partial charge in [-0.3, -0.25) is 0 Å². The van der Waals surface area contributed by atoms with E-state index >= 15 is 0 Å². The first-order valence-corrected chi connectivity index (χ1v) is 19.2. The highest BCUT2D eigenvalue weighted by Gasteiger charge is 2.23. The van der Waals surface area contributed by atoms with Crippen molar-refractivity contribution >= 4 is 59.3 Å². The van der Waals surface area contributed by atoms with E-state index in [0.29, 0.717) is 0 Å². The van der Waals surface area contributed by atoms with Crippen LogP contribution in [0.2, 0.25) is 0 Å². The highest BCUT2D eigenvalue weighted by atomic mass is 32.1. The van der Waals surface area contributed by atoms with Gasteiger partial charge in [0.15, 0.2) is 0 Å². The standard InChI is InChI=1S/C52H35NS/c1-2-17-37(18-3-1)42-22-6-7-23-43(42)44-24-8-9-25-45(44)46-26-10-12-29-49(46)53(50-30-15-28-48-47-27-11-13-31-51(47)54-52(48)50)41-21-14-20-39(35-41)40-33-32-36-16-4-5-19-38(36)34-40/h1-35H. The maximum atomic E-state index is 2.48. The lowest BCUT2D eigenvalue weighted by molar-refractivity contribution is 1.30. The molecule has 54 heavy (non-hydrogen) atoms. The van der Waals surface area contributed by atoms with Crippen molar-refractivity contribution in [2.45, 2.75) is 0 Å². The number of rotatable bonds is 7. The second-order valence-corrected chi connectivity index (χ2v) is 14.7. The average molecular weight is 706 g/mol. The van der Waals surface area contributed by atoms with Gasteiger partial charge in [0.2, 0.25) is 0 Å². The molecule has 1 aromatic heterocycles. The van der Waals surface area contributed by atoms with Crippen LogP contribution in [0.15, 0.2) is 212 Å². The smallest absolute Gasteiger partial charge is 0.0640 e. The third-order valence-electron chi connectivity index (χ3n) is 10.5. The Morgan fingerprint density at radius 2 is 0.870 bits per heavy atom. The Kier molecular flexibility index (Phi) is 8.09. The SMILES string of the molecule is c1ccc(-c2ccccc2-c2ccccc2-c2ccccc2N(c2cccc(-c3ccc4ccccc4c3)c2)c2cccc3c2sc2ccccc23)cc1. The monoisotopic (exact) mass is 705 g/mol. The van der Waals surface area contributed by atoms with Crippen molar-refractivity contribution in [1.82, 2.24) is 0 Å². The zero-order chi connectivity index (χ0) is 35.8. The summed E-state index contributed by atoms with van der Waals surface area (Å²) in [6, 6.07) is 77.2. The van der Waals surface area contributed by atoms with Crippen LogP contribution in [0.25, 0.3) is 75.5 Å². The summed E-state index contributed by atoms with van der Waals surface area (Å²) >= 11 is 1.87. The summed E-state index contributed by atoms with van der Waals surface area (Å²) in [6.45, 7) is 0. The van der Waals surface area contributed by atoms with Crippen molar-refractivity contribution in [2.75, 3.05) is 4.90 Å². The lowest BCUT2D eigenvalue weighted by atomic mass is 9.88. The molecule has 0 radical (unpaired) electrons. The maximum Gasteiger partial charge on any atom is 0.0640 e. The first kappa shape index (κ1) is 32.0. The topological polar surface area (TPSA) is 3.24 Å². The molecule has 10 rings (SSSR count). The number of anilines is 3. The molecule has 0 amide bonds. The molecule has 1 nitrogen and oxygen atoms in total. The molecule has 0 aliphatic heterocycles. The van der Waals surface area contributed by atoms with Gasteiger partial charge in [0.1, 0.15) is 0 Å². The van der Waals surface area contributed by atoms with Gasteiger partial charge in [0.05, 0.1) is 16.1 Å². The fourth-order valence-electron chi connectivity index (χ4n) is 7.95. The van der Waals surface area contributed by atoms with Crippen molar-refractivity contribution in [1.29, 1.82) is 0 Å². The summed E-state index contributed by atoms with van der Waals surface area (Å²) in [7, 11) is 0. The van der Waals surface area contributed by atoms with E-state index in [9.17, 15) is 0 Å². The van der Waals surface area contributed by atoms with Gasteiger partial charge in [-0.2, -0.15) is 0 Å². The zero-order valence-electron chi connectivity index (χ0n) is 29.6. The molecule has 0 bridgehead atoms. The Labute approximate surface area is 319 Å². The van der Waals surface area contributed by atoms with Crippen LogP contribution < -0.4 is 4.90 Å². The molecule has 10 aromatic rings. The minimum atomic E-state index is 1.11. The average Bonchev–Trinajstić information content (AvgIpc) is 3.64. The Hall–Kier alpha value is -6.74. The molecule has 2 heteroatoms. The molecule has 1 heterocycles. The van der Waals surface area contributed by atoms with Crippen molar-refractivity contribution in [3.05, 3.63) is 212 Å². The van der Waals surface area contributed by atoms with Gasteiger partial charge in [0.25, 0.3) is 0 Å². The highest BCUT2D eigenvalue weighted by Crippen LogP contribution is 2.49. The van der Waals surface area contributed by atoms with E-state index in [1.165, 1.54) is 81.1 Å². The number of hydrogen-bond donors (Lipinski definition) is 0. The van der Waals surface area contributed by atoms with Crippen LogP contribution in [0.1, 0.15) is 0 Å². The van der Waals surface area contributed by atoms with E-state index in [1.54, 1.807) is 0 Å². The predicted octanol–water partition coefficient (Wildman–Crippen LogP) is 15.3. The second kappa shape index (κ2) is 13.7. The molecule has 254 valence electrons. The highest BCUT2D eigenvalue weighted by molar-refractivity contribution is 7.26.